The van der Waals surface area contributed by atoms with E-state index < -0.39 is 10.0 Å². The Balaban J connectivity index is 2.31. The first-order valence-electron chi connectivity index (χ1n) is 6.66. The molecule has 0 spiro atoms. The first-order valence-corrected chi connectivity index (χ1v) is 8.47. The van der Waals surface area contributed by atoms with Crippen LogP contribution in [0.15, 0.2) is 23.1 Å². The molecule has 1 saturated heterocycles. The van der Waals surface area contributed by atoms with Crippen LogP contribution in [0.2, 0.25) is 5.02 Å². The van der Waals surface area contributed by atoms with Crippen LogP contribution in [-0.4, -0.2) is 30.9 Å². The number of hydrogen-bond donors (Lipinski definition) is 1. The summed E-state index contributed by atoms with van der Waals surface area (Å²) in [6, 6.07) is 4.60. The summed E-state index contributed by atoms with van der Waals surface area (Å²) in [4.78, 5) is 0.0884. The smallest absolute Gasteiger partial charge is 0.244 e. The van der Waals surface area contributed by atoms with Crippen molar-refractivity contribution in [2.45, 2.75) is 38.2 Å². The van der Waals surface area contributed by atoms with Crippen LogP contribution in [0.25, 0.3) is 0 Å². The Labute approximate surface area is 125 Å². The zero-order chi connectivity index (χ0) is 15.0. The first kappa shape index (κ1) is 15.8. The van der Waals surface area contributed by atoms with Gasteiger partial charge in [-0.1, -0.05) is 31.5 Å². The average Bonchev–Trinajstić information content (AvgIpc) is 2.38. The minimum absolute atomic E-state index is 0.0884. The third kappa shape index (κ3) is 3.17. The molecule has 20 heavy (non-hydrogen) atoms. The molecule has 0 atom stereocenters. The molecule has 1 heterocycles. The highest BCUT2D eigenvalue weighted by Gasteiger charge is 2.33. The molecule has 1 aromatic carbocycles. The van der Waals surface area contributed by atoms with E-state index >= 15 is 0 Å². The van der Waals surface area contributed by atoms with Crippen molar-refractivity contribution in [3.8, 4) is 0 Å². The van der Waals surface area contributed by atoms with Crippen LogP contribution in [0.3, 0.4) is 0 Å². The standard InChI is InChI=1S/C14H20ClNO3S/c1-14(2)5-7-16(8-6-14)20(18,19)13-9-11(10-17)3-4-12(13)15/h3-4,9,17H,5-8,10H2,1-2H3. The molecule has 0 bridgehead atoms. The zero-order valence-corrected chi connectivity index (χ0v) is 13.3. The number of benzene rings is 1. The molecule has 1 aliphatic rings. The predicted octanol–water partition coefficient (Wildman–Crippen LogP) is 2.64. The van der Waals surface area contributed by atoms with Crippen LogP contribution < -0.4 is 0 Å². The van der Waals surface area contributed by atoms with E-state index in [9.17, 15) is 8.42 Å². The monoisotopic (exact) mass is 317 g/mol. The maximum absolute atomic E-state index is 12.6. The SMILES string of the molecule is CC1(C)CCN(S(=O)(=O)c2cc(CO)ccc2Cl)CC1. The summed E-state index contributed by atoms with van der Waals surface area (Å²) in [5, 5.41) is 9.35. The van der Waals surface area contributed by atoms with Crippen LogP contribution in [-0.2, 0) is 16.6 Å². The van der Waals surface area contributed by atoms with Crippen molar-refractivity contribution in [1.82, 2.24) is 4.31 Å². The van der Waals surface area contributed by atoms with Gasteiger partial charge in [-0.3, -0.25) is 0 Å². The lowest BCUT2D eigenvalue weighted by molar-refractivity contribution is 0.196. The van der Waals surface area contributed by atoms with Gasteiger partial charge in [0.1, 0.15) is 4.90 Å². The molecule has 0 radical (unpaired) electrons. The van der Waals surface area contributed by atoms with Gasteiger partial charge in [-0.25, -0.2) is 8.42 Å². The Hall–Kier alpha value is -0.620. The fourth-order valence-corrected chi connectivity index (χ4v) is 4.28. The zero-order valence-electron chi connectivity index (χ0n) is 11.8. The molecule has 0 saturated carbocycles. The Kier molecular flexibility index (Phi) is 4.44. The number of aliphatic hydroxyl groups excluding tert-OH is 1. The Morgan fingerprint density at radius 2 is 1.90 bits per heavy atom. The number of nitrogens with zero attached hydrogens (tertiary/aromatic N) is 1. The number of piperidine rings is 1. The van der Waals surface area contributed by atoms with Crippen molar-refractivity contribution in [2.24, 2.45) is 5.41 Å². The number of hydrogen-bond acceptors (Lipinski definition) is 3. The Morgan fingerprint density at radius 3 is 2.45 bits per heavy atom. The van der Waals surface area contributed by atoms with Crippen LogP contribution in [0, 0.1) is 5.41 Å². The van der Waals surface area contributed by atoms with Gasteiger partial charge in [-0.05, 0) is 36.0 Å². The summed E-state index contributed by atoms with van der Waals surface area (Å²) in [6.07, 6.45) is 1.67. The van der Waals surface area contributed by atoms with E-state index in [1.54, 1.807) is 6.07 Å². The summed E-state index contributed by atoms with van der Waals surface area (Å²) in [7, 11) is -3.59. The van der Waals surface area contributed by atoms with Crippen molar-refractivity contribution in [2.75, 3.05) is 13.1 Å². The number of halogens is 1. The Bertz CT molecular complexity index is 588. The van der Waals surface area contributed by atoms with Gasteiger partial charge in [0.05, 0.1) is 11.6 Å². The molecule has 112 valence electrons. The summed E-state index contributed by atoms with van der Waals surface area (Å²) < 4.78 is 26.8. The van der Waals surface area contributed by atoms with Gasteiger partial charge in [0.2, 0.25) is 10.0 Å². The highest BCUT2D eigenvalue weighted by molar-refractivity contribution is 7.89. The Morgan fingerprint density at radius 1 is 1.30 bits per heavy atom. The van der Waals surface area contributed by atoms with Crippen molar-refractivity contribution in [3.63, 3.8) is 0 Å². The predicted molar refractivity (Wildman–Crippen MR) is 79.1 cm³/mol. The molecule has 4 nitrogen and oxygen atoms in total. The molecule has 0 amide bonds. The second-order valence-corrected chi connectivity index (χ2v) is 8.30. The molecule has 2 rings (SSSR count). The van der Waals surface area contributed by atoms with Gasteiger partial charge >= 0.3 is 0 Å². The van der Waals surface area contributed by atoms with E-state index in [0.717, 1.165) is 12.8 Å². The van der Waals surface area contributed by atoms with Gasteiger partial charge in [0, 0.05) is 13.1 Å². The van der Waals surface area contributed by atoms with Crippen molar-refractivity contribution < 1.29 is 13.5 Å². The number of rotatable bonds is 3. The number of aliphatic hydroxyl groups is 1. The van der Waals surface area contributed by atoms with Gasteiger partial charge < -0.3 is 5.11 Å². The lowest BCUT2D eigenvalue weighted by Crippen LogP contribution is -2.41. The lowest BCUT2D eigenvalue weighted by atomic mass is 9.83. The van der Waals surface area contributed by atoms with Crippen molar-refractivity contribution in [1.29, 1.82) is 0 Å². The summed E-state index contributed by atoms with van der Waals surface area (Å²) in [5.74, 6) is 0. The molecular weight excluding hydrogens is 298 g/mol. The van der Waals surface area contributed by atoms with Crippen LogP contribution in [0.5, 0.6) is 0 Å². The minimum Gasteiger partial charge on any atom is -0.392 e. The van der Waals surface area contributed by atoms with E-state index in [1.807, 2.05) is 0 Å². The molecule has 0 aromatic heterocycles. The molecule has 0 unspecified atom stereocenters. The fraction of sp³-hybridized carbons (Fsp3) is 0.571. The van der Waals surface area contributed by atoms with Gasteiger partial charge in [-0.15, -0.1) is 0 Å². The van der Waals surface area contributed by atoms with Crippen LogP contribution in [0.4, 0.5) is 0 Å². The summed E-state index contributed by atoms with van der Waals surface area (Å²) in [5.41, 5.74) is 0.730. The van der Waals surface area contributed by atoms with E-state index in [4.69, 9.17) is 16.7 Å². The number of sulfonamides is 1. The molecule has 1 N–H and O–H groups in total. The third-order valence-corrected chi connectivity index (χ3v) is 6.25. The van der Waals surface area contributed by atoms with E-state index in [-0.39, 0.29) is 21.9 Å². The summed E-state index contributed by atoms with van der Waals surface area (Å²) >= 11 is 6.03. The van der Waals surface area contributed by atoms with E-state index in [0.29, 0.717) is 18.7 Å². The maximum Gasteiger partial charge on any atom is 0.244 e. The highest BCUT2D eigenvalue weighted by Crippen LogP contribution is 2.34. The van der Waals surface area contributed by atoms with Gasteiger partial charge in [0.25, 0.3) is 0 Å². The first-order chi connectivity index (χ1) is 9.26. The molecule has 1 aliphatic heterocycles. The fourth-order valence-electron chi connectivity index (χ4n) is 2.31. The second kappa shape index (κ2) is 5.64. The molecule has 0 aliphatic carbocycles. The summed E-state index contributed by atoms with van der Waals surface area (Å²) in [6.45, 7) is 5.11. The molecule has 1 fully saturated rings. The second-order valence-electron chi connectivity index (χ2n) is 5.99. The van der Waals surface area contributed by atoms with Gasteiger partial charge in [-0.2, -0.15) is 4.31 Å². The lowest BCUT2D eigenvalue weighted by Gasteiger charge is -2.36. The average molecular weight is 318 g/mol. The molecule has 1 aromatic rings. The van der Waals surface area contributed by atoms with Gasteiger partial charge in [0.15, 0.2) is 0 Å². The third-order valence-electron chi connectivity index (χ3n) is 3.87. The normalized spacial score (nSPS) is 20.0. The van der Waals surface area contributed by atoms with Crippen LogP contribution >= 0.6 is 11.6 Å². The van der Waals surface area contributed by atoms with Crippen molar-refractivity contribution >= 4 is 21.6 Å². The van der Waals surface area contributed by atoms with Crippen LogP contribution in [0.1, 0.15) is 32.3 Å². The largest absolute Gasteiger partial charge is 0.392 e. The maximum atomic E-state index is 12.6. The topological polar surface area (TPSA) is 57.6 Å². The highest BCUT2D eigenvalue weighted by atomic mass is 35.5. The van der Waals surface area contributed by atoms with E-state index in [2.05, 4.69) is 13.8 Å². The van der Waals surface area contributed by atoms with Crippen molar-refractivity contribution in [3.05, 3.63) is 28.8 Å². The van der Waals surface area contributed by atoms with E-state index in [1.165, 1.54) is 16.4 Å². The molecule has 6 heteroatoms. The minimum atomic E-state index is -3.59. The quantitative estimate of drug-likeness (QED) is 0.932. The molecular formula is C14H20ClNO3S.